The van der Waals surface area contributed by atoms with Gasteiger partial charge in [0.1, 0.15) is 17.6 Å². The van der Waals surface area contributed by atoms with Crippen LogP contribution in [0, 0.1) is 0 Å². The lowest BCUT2D eigenvalue weighted by molar-refractivity contribution is -0.116. The molecule has 9 heteroatoms. The van der Waals surface area contributed by atoms with Crippen molar-refractivity contribution < 1.29 is 9.59 Å². The van der Waals surface area contributed by atoms with Crippen molar-refractivity contribution in [3.8, 4) is 0 Å². The van der Waals surface area contributed by atoms with Gasteiger partial charge >= 0.3 is 0 Å². The number of Topliss-reactive ketones (excluding diaryl/α,β-unsaturated/α-hetero) is 1. The Labute approximate surface area is 151 Å². The van der Waals surface area contributed by atoms with Crippen LogP contribution in [0.4, 0.5) is 5.69 Å². The normalized spacial score (nSPS) is 10.8. The third-order valence-corrected chi connectivity index (χ3v) is 5.45. The van der Waals surface area contributed by atoms with Crippen molar-refractivity contribution in [3.63, 3.8) is 0 Å². The maximum Gasteiger partial charge on any atom is 0.273 e. The van der Waals surface area contributed by atoms with E-state index in [0.29, 0.717) is 21.6 Å². The molecule has 0 atom stereocenters. The number of ketones is 1. The van der Waals surface area contributed by atoms with E-state index in [9.17, 15) is 14.4 Å². The van der Waals surface area contributed by atoms with Gasteiger partial charge < -0.3 is 5.32 Å². The first-order valence-corrected chi connectivity index (χ1v) is 9.33. The number of carbonyl (C=O) groups excluding carboxylic acids is 2. The first-order valence-electron chi connectivity index (χ1n) is 7.28. The number of rotatable bonds is 5. The number of benzene rings is 1. The number of thioether (sulfide) groups is 1. The lowest BCUT2D eigenvalue weighted by atomic mass is 10.1. The molecule has 0 radical (unpaired) electrons. The van der Waals surface area contributed by atoms with Crippen LogP contribution in [0.3, 0.4) is 0 Å². The first-order chi connectivity index (χ1) is 12.0. The van der Waals surface area contributed by atoms with Crippen LogP contribution in [0.2, 0.25) is 0 Å². The Balaban J connectivity index is 1.76. The standard InChI is InChI=1S/C16H14N4O3S2/c1-9(21)10-3-5-11(6-4-10)18-12(22)7-20-8-17-14-13(15(20)23)25-16(19-14)24-2/h3-6,8H,7H2,1-2H3,(H,18,22). The van der Waals surface area contributed by atoms with Crippen LogP contribution in [0.5, 0.6) is 0 Å². The van der Waals surface area contributed by atoms with Crippen LogP contribution in [-0.4, -0.2) is 32.5 Å². The summed E-state index contributed by atoms with van der Waals surface area (Å²) in [6.45, 7) is 1.33. The molecule has 128 valence electrons. The Morgan fingerprint density at radius 1 is 1.28 bits per heavy atom. The summed E-state index contributed by atoms with van der Waals surface area (Å²) in [4.78, 5) is 44.2. The Hall–Kier alpha value is -2.52. The van der Waals surface area contributed by atoms with Crippen LogP contribution < -0.4 is 10.9 Å². The number of fused-ring (bicyclic) bond motifs is 1. The second-order valence-corrected chi connectivity index (χ2v) is 7.25. The van der Waals surface area contributed by atoms with Crippen LogP contribution >= 0.6 is 23.1 Å². The third-order valence-electron chi connectivity index (χ3n) is 3.43. The van der Waals surface area contributed by atoms with Crippen molar-refractivity contribution in [2.24, 2.45) is 0 Å². The van der Waals surface area contributed by atoms with E-state index in [2.05, 4.69) is 15.3 Å². The van der Waals surface area contributed by atoms with Gasteiger partial charge in [-0.25, -0.2) is 9.97 Å². The second kappa shape index (κ2) is 7.16. The van der Waals surface area contributed by atoms with E-state index in [1.165, 1.54) is 40.9 Å². The molecule has 2 heterocycles. The molecule has 3 aromatic rings. The van der Waals surface area contributed by atoms with Gasteiger partial charge in [0.05, 0.1) is 0 Å². The number of anilines is 1. The zero-order chi connectivity index (χ0) is 18.0. The van der Waals surface area contributed by atoms with Gasteiger partial charge in [-0.3, -0.25) is 19.0 Å². The van der Waals surface area contributed by atoms with Gasteiger partial charge in [0.25, 0.3) is 5.56 Å². The summed E-state index contributed by atoms with van der Waals surface area (Å²) in [6.07, 6.45) is 3.20. The molecule has 0 spiro atoms. The van der Waals surface area contributed by atoms with Gasteiger partial charge in [-0.1, -0.05) is 11.8 Å². The van der Waals surface area contributed by atoms with Crippen molar-refractivity contribution in [2.75, 3.05) is 11.6 Å². The Bertz CT molecular complexity index is 1010. The monoisotopic (exact) mass is 374 g/mol. The summed E-state index contributed by atoms with van der Waals surface area (Å²) in [6, 6.07) is 6.57. The number of thiazole rings is 1. The molecule has 2 aromatic heterocycles. The van der Waals surface area contributed by atoms with Crippen molar-refractivity contribution in [2.45, 2.75) is 17.8 Å². The van der Waals surface area contributed by atoms with Gasteiger partial charge in [-0.15, -0.1) is 11.3 Å². The van der Waals surface area contributed by atoms with E-state index >= 15 is 0 Å². The Kier molecular flexibility index (Phi) is 4.95. The first kappa shape index (κ1) is 17.3. The van der Waals surface area contributed by atoms with Crippen molar-refractivity contribution in [3.05, 3.63) is 46.5 Å². The fourth-order valence-electron chi connectivity index (χ4n) is 2.17. The highest BCUT2D eigenvalue weighted by Gasteiger charge is 2.12. The maximum absolute atomic E-state index is 12.4. The minimum atomic E-state index is -0.353. The van der Waals surface area contributed by atoms with E-state index in [0.717, 1.165) is 4.34 Å². The number of aromatic nitrogens is 3. The minimum absolute atomic E-state index is 0.0435. The molecule has 0 fully saturated rings. The Morgan fingerprint density at radius 3 is 2.64 bits per heavy atom. The van der Waals surface area contributed by atoms with Crippen LogP contribution in [0.15, 0.2) is 39.7 Å². The van der Waals surface area contributed by atoms with Gasteiger partial charge in [0.2, 0.25) is 5.91 Å². The highest BCUT2D eigenvalue weighted by Crippen LogP contribution is 2.24. The number of carbonyl (C=O) groups is 2. The third kappa shape index (κ3) is 3.77. The van der Waals surface area contributed by atoms with E-state index in [-0.39, 0.29) is 23.8 Å². The average molecular weight is 374 g/mol. The average Bonchev–Trinajstić information content (AvgIpc) is 3.02. The van der Waals surface area contributed by atoms with Crippen LogP contribution in [-0.2, 0) is 11.3 Å². The summed E-state index contributed by atoms with van der Waals surface area (Å²) in [5.74, 6) is -0.397. The molecular formula is C16H14N4O3S2. The Morgan fingerprint density at radius 2 is 2.00 bits per heavy atom. The predicted molar refractivity (Wildman–Crippen MR) is 98.5 cm³/mol. The molecule has 0 aliphatic carbocycles. The second-order valence-electron chi connectivity index (χ2n) is 5.20. The molecule has 0 aliphatic heterocycles. The molecule has 1 amide bonds. The quantitative estimate of drug-likeness (QED) is 0.544. The van der Waals surface area contributed by atoms with E-state index in [1.54, 1.807) is 24.3 Å². The molecule has 0 unspecified atom stereocenters. The summed E-state index contributed by atoms with van der Waals surface area (Å²) < 4.78 is 2.45. The van der Waals surface area contributed by atoms with Crippen molar-refractivity contribution in [1.82, 2.24) is 14.5 Å². The van der Waals surface area contributed by atoms with E-state index in [1.807, 2.05) is 6.26 Å². The SMILES string of the molecule is CSc1nc2ncn(CC(=O)Nc3ccc(C(C)=O)cc3)c(=O)c2s1. The number of hydrogen-bond donors (Lipinski definition) is 1. The van der Waals surface area contributed by atoms with Gasteiger partial charge in [-0.2, -0.15) is 0 Å². The summed E-state index contributed by atoms with van der Waals surface area (Å²) in [5.41, 5.74) is 1.24. The zero-order valence-corrected chi connectivity index (χ0v) is 15.1. The smallest absolute Gasteiger partial charge is 0.273 e. The van der Waals surface area contributed by atoms with E-state index in [4.69, 9.17) is 0 Å². The predicted octanol–water partition coefficient (Wildman–Crippen LogP) is 2.42. The summed E-state index contributed by atoms with van der Waals surface area (Å²) in [5, 5.41) is 2.69. The van der Waals surface area contributed by atoms with Crippen LogP contribution in [0.1, 0.15) is 17.3 Å². The molecular weight excluding hydrogens is 360 g/mol. The molecule has 1 N–H and O–H groups in total. The van der Waals surface area contributed by atoms with Crippen molar-refractivity contribution >= 4 is 50.8 Å². The number of nitrogens with zero attached hydrogens (tertiary/aromatic N) is 3. The number of amides is 1. The topological polar surface area (TPSA) is 93.9 Å². The maximum atomic E-state index is 12.4. The fourth-order valence-corrected chi connectivity index (χ4v) is 3.63. The minimum Gasteiger partial charge on any atom is -0.325 e. The molecule has 7 nitrogen and oxygen atoms in total. The molecule has 0 aliphatic rings. The lowest BCUT2D eigenvalue weighted by Gasteiger charge is -2.07. The number of nitrogens with one attached hydrogen (secondary N) is 1. The highest BCUT2D eigenvalue weighted by atomic mass is 32.2. The largest absolute Gasteiger partial charge is 0.325 e. The number of hydrogen-bond acceptors (Lipinski definition) is 7. The zero-order valence-electron chi connectivity index (χ0n) is 13.5. The van der Waals surface area contributed by atoms with E-state index < -0.39 is 0 Å². The van der Waals surface area contributed by atoms with Crippen molar-refractivity contribution in [1.29, 1.82) is 0 Å². The molecule has 0 bridgehead atoms. The molecule has 3 rings (SSSR count). The molecule has 0 saturated heterocycles. The van der Waals surface area contributed by atoms with Gasteiger partial charge in [0.15, 0.2) is 15.8 Å². The molecule has 0 saturated carbocycles. The molecule has 1 aromatic carbocycles. The lowest BCUT2D eigenvalue weighted by Crippen LogP contribution is -2.27. The summed E-state index contributed by atoms with van der Waals surface area (Å²) in [7, 11) is 0. The molecule has 25 heavy (non-hydrogen) atoms. The van der Waals surface area contributed by atoms with Gasteiger partial charge in [-0.05, 0) is 37.4 Å². The highest BCUT2D eigenvalue weighted by molar-refractivity contribution is 8.00. The fraction of sp³-hybridized carbons (Fsp3) is 0.188. The van der Waals surface area contributed by atoms with Gasteiger partial charge in [0, 0.05) is 11.3 Å². The summed E-state index contributed by atoms with van der Waals surface area (Å²) >= 11 is 2.71. The van der Waals surface area contributed by atoms with Crippen LogP contribution in [0.25, 0.3) is 10.3 Å².